The summed E-state index contributed by atoms with van der Waals surface area (Å²) in [5.41, 5.74) is 2.30. The largest absolute Gasteiger partial charge is 0.362 e. The van der Waals surface area contributed by atoms with E-state index in [0.29, 0.717) is 11.0 Å². The van der Waals surface area contributed by atoms with Crippen molar-refractivity contribution >= 4 is 17.4 Å². The minimum absolute atomic E-state index is 0.0669. The van der Waals surface area contributed by atoms with E-state index in [0.717, 1.165) is 12.1 Å². The molecule has 6 heteroatoms. The number of rotatable bonds is 5. The summed E-state index contributed by atoms with van der Waals surface area (Å²) in [4.78, 5) is 8.19. The van der Waals surface area contributed by atoms with Crippen LogP contribution in [0.25, 0.3) is 0 Å². The number of hydrogen-bond acceptors (Lipinski definition) is 4. The van der Waals surface area contributed by atoms with Gasteiger partial charge in [0.25, 0.3) is 0 Å². The lowest BCUT2D eigenvalue weighted by atomic mass is 10.2. The van der Waals surface area contributed by atoms with E-state index < -0.39 is 0 Å². The lowest BCUT2D eigenvalue weighted by Gasteiger charge is -2.12. The molecule has 1 N–H and O–H groups in total. The van der Waals surface area contributed by atoms with Gasteiger partial charge in [-0.05, 0) is 12.5 Å². The molecule has 2 heterocycles. The molecule has 5 nitrogen and oxygen atoms in total. The Hall–Kier alpha value is -2.40. The van der Waals surface area contributed by atoms with E-state index >= 15 is 0 Å². The van der Waals surface area contributed by atoms with Crippen molar-refractivity contribution in [1.29, 1.82) is 0 Å². The first-order valence-electron chi connectivity index (χ1n) is 7.01. The second kappa shape index (κ2) is 6.58. The van der Waals surface area contributed by atoms with E-state index in [1.807, 2.05) is 42.2 Å². The fourth-order valence-electron chi connectivity index (χ4n) is 2.18. The van der Waals surface area contributed by atoms with Gasteiger partial charge in [-0.25, -0.2) is 4.98 Å². The van der Waals surface area contributed by atoms with Crippen LogP contribution in [0.3, 0.4) is 0 Å². The van der Waals surface area contributed by atoms with Crippen molar-refractivity contribution in [2.45, 2.75) is 19.5 Å². The van der Waals surface area contributed by atoms with Gasteiger partial charge in [-0.2, -0.15) is 5.10 Å². The SMILES string of the molecule is CC(Nc1cncc(Cl)n1)c1cnn(Cc2ccccc2)c1. The summed E-state index contributed by atoms with van der Waals surface area (Å²) in [7, 11) is 0. The van der Waals surface area contributed by atoms with Crippen molar-refractivity contribution < 1.29 is 0 Å². The van der Waals surface area contributed by atoms with Gasteiger partial charge >= 0.3 is 0 Å². The number of benzene rings is 1. The quantitative estimate of drug-likeness (QED) is 0.782. The minimum Gasteiger partial charge on any atom is -0.362 e. The molecule has 22 heavy (non-hydrogen) atoms. The summed E-state index contributed by atoms with van der Waals surface area (Å²) >= 11 is 5.84. The summed E-state index contributed by atoms with van der Waals surface area (Å²) < 4.78 is 1.92. The summed E-state index contributed by atoms with van der Waals surface area (Å²) in [6, 6.07) is 10.3. The Labute approximate surface area is 134 Å². The van der Waals surface area contributed by atoms with Gasteiger partial charge in [0.1, 0.15) is 11.0 Å². The molecule has 0 amide bonds. The van der Waals surface area contributed by atoms with Crippen molar-refractivity contribution in [3.05, 3.63) is 71.4 Å². The van der Waals surface area contributed by atoms with Crippen LogP contribution in [-0.4, -0.2) is 19.7 Å². The Bertz CT molecular complexity index is 741. The third kappa shape index (κ3) is 3.62. The summed E-state index contributed by atoms with van der Waals surface area (Å²) in [6.07, 6.45) is 7.05. The molecular weight excluding hydrogens is 298 g/mol. The average Bonchev–Trinajstić information content (AvgIpc) is 2.97. The molecule has 1 atom stereocenters. The third-order valence-corrected chi connectivity index (χ3v) is 3.49. The Morgan fingerprint density at radius 1 is 1.18 bits per heavy atom. The Balaban J connectivity index is 1.68. The number of anilines is 1. The third-order valence-electron chi connectivity index (χ3n) is 3.31. The fraction of sp³-hybridized carbons (Fsp3) is 0.188. The molecular formula is C16H16ClN5. The van der Waals surface area contributed by atoms with Crippen LogP contribution in [0.2, 0.25) is 5.15 Å². The van der Waals surface area contributed by atoms with Gasteiger partial charge in [-0.3, -0.25) is 9.67 Å². The lowest BCUT2D eigenvalue weighted by Crippen LogP contribution is -2.07. The van der Waals surface area contributed by atoms with E-state index in [2.05, 4.69) is 32.5 Å². The van der Waals surface area contributed by atoms with Gasteiger partial charge in [-0.1, -0.05) is 41.9 Å². The van der Waals surface area contributed by atoms with E-state index in [-0.39, 0.29) is 6.04 Å². The number of nitrogens with one attached hydrogen (secondary N) is 1. The van der Waals surface area contributed by atoms with Crippen molar-refractivity contribution in [2.75, 3.05) is 5.32 Å². The number of aromatic nitrogens is 4. The van der Waals surface area contributed by atoms with Crippen LogP contribution >= 0.6 is 11.6 Å². The van der Waals surface area contributed by atoms with Gasteiger partial charge in [0.2, 0.25) is 0 Å². The maximum Gasteiger partial charge on any atom is 0.149 e. The van der Waals surface area contributed by atoms with Crippen LogP contribution in [0.4, 0.5) is 5.82 Å². The average molecular weight is 314 g/mol. The summed E-state index contributed by atoms with van der Waals surface area (Å²) in [5, 5.41) is 8.04. The fourth-order valence-corrected chi connectivity index (χ4v) is 2.32. The van der Waals surface area contributed by atoms with Crippen LogP contribution in [0, 0.1) is 0 Å². The maximum atomic E-state index is 5.84. The molecule has 0 saturated heterocycles. The smallest absolute Gasteiger partial charge is 0.149 e. The Morgan fingerprint density at radius 3 is 2.77 bits per heavy atom. The van der Waals surface area contributed by atoms with Crippen LogP contribution in [0.5, 0.6) is 0 Å². The molecule has 0 aliphatic heterocycles. The number of nitrogens with zero attached hydrogens (tertiary/aromatic N) is 4. The molecule has 1 aromatic carbocycles. The molecule has 0 aliphatic rings. The van der Waals surface area contributed by atoms with E-state index in [9.17, 15) is 0 Å². The molecule has 0 aliphatic carbocycles. The van der Waals surface area contributed by atoms with E-state index in [4.69, 9.17) is 11.6 Å². The van der Waals surface area contributed by atoms with Crippen molar-refractivity contribution in [1.82, 2.24) is 19.7 Å². The number of halogens is 1. The van der Waals surface area contributed by atoms with Crippen molar-refractivity contribution in [2.24, 2.45) is 0 Å². The van der Waals surface area contributed by atoms with Crippen LogP contribution in [-0.2, 0) is 6.54 Å². The monoisotopic (exact) mass is 313 g/mol. The molecule has 2 aromatic heterocycles. The minimum atomic E-state index is 0.0669. The van der Waals surface area contributed by atoms with Crippen molar-refractivity contribution in [3.63, 3.8) is 0 Å². The molecule has 0 saturated carbocycles. The molecule has 0 fully saturated rings. The van der Waals surface area contributed by atoms with Gasteiger partial charge in [0.05, 0.1) is 31.2 Å². The lowest BCUT2D eigenvalue weighted by molar-refractivity contribution is 0.685. The normalized spacial score (nSPS) is 12.1. The first-order valence-corrected chi connectivity index (χ1v) is 7.39. The first-order chi connectivity index (χ1) is 10.7. The topological polar surface area (TPSA) is 55.6 Å². The zero-order chi connectivity index (χ0) is 15.4. The maximum absolute atomic E-state index is 5.84. The molecule has 1 unspecified atom stereocenters. The van der Waals surface area contributed by atoms with Gasteiger partial charge in [0.15, 0.2) is 0 Å². The number of hydrogen-bond donors (Lipinski definition) is 1. The first kappa shape index (κ1) is 14.5. The molecule has 0 bridgehead atoms. The van der Waals surface area contributed by atoms with Crippen LogP contribution in [0.1, 0.15) is 24.1 Å². The molecule has 0 radical (unpaired) electrons. The highest BCUT2D eigenvalue weighted by Crippen LogP contribution is 2.18. The predicted molar refractivity (Wildman–Crippen MR) is 86.9 cm³/mol. The Morgan fingerprint density at radius 2 is 2.00 bits per heavy atom. The van der Waals surface area contributed by atoms with Gasteiger partial charge in [0, 0.05) is 11.8 Å². The standard InChI is InChI=1S/C16H16ClN5/c1-12(20-16-9-18-8-15(17)21-16)14-7-19-22(11-14)10-13-5-3-2-4-6-13/h2-9,11-12H,10H2,1H3,(H,20,21). The predicted octanol–water partition coefficient (Wildman–Crippen LogP) is 3.55. The van der Waals surface area contributed by atoms with E-state index in [1.54, 1.807) is 6.20 Å². The van der Waals surface area contributed by atoms with Crippen molar-refractivity contribution in [3.8, 4) is 0 Å². The molecule has 3 rings (SSSR count). The zero-order valence-electron chi connectivity index (χ0n) is 12.1. The zero-order valence-corrected chi connectivity index (χ0v) is 12.9. The van der Waals surface area contributed by atoms with E-state index in [1.165, 1.54) is 11.8 Å². The molecule has 112 valence electrons. The highest BCUT2D eigenvalue weighted by atomic mass is 35.5. The summed E-state index contributed by atoms with van der Waals surface area (Å²) in [5.74, 6) is 0.649. The second-order valence-electron chi connectivity index (χ2n) is 5.05. The van der Waals surface area contributed by atoms with Crippen LogP contribution < -0.4 is 5.32 Å². The molecule has 0 spiro atoms. The Kier molecular flexibility index (Phi) is 4.34. The van der Waals surface area contributed by atoms with Crippen LogP contribution in [0.15, 0.2) is 55.1 Å². The highest BCUT2D eigenvalue weighted by Gasteiger charge is 2.09. The summed E-state index contributed by atoms with van der Waals surface area (Å²) in [6.45, 7) is 2.80. The van der Waals surface area contributed by atoms with Gasteiger partial charge in [-0.15, -0.1) is 0 Å². The van der Waals surface area contributed by atoms with Gasteiger partial charge < -0.3 is 5.32 Å². The second-order valence-corrected chi connectivity index (χ2v) is 5.44. The highest BCUT2D eigenvalue weighted by molar-refractivity contribution is 6.29. The molecule has 3 aromatic rings.